The quantitative estimate of drug-likeness (QED) is 0.660. The Morgan fingerprint density at radius 2 is 1.93 bits per heavy atom. The van der Waals surface area contributed by atoms with Crippen LogP contribution in [-0.2, 0) is 25.8 Å². The minimum Gasteiger partial charge on any atom is -0.350 e. The zero-order valence-corrected chi connectivity index (χ0v) is 17.0. The molecule has 150 valence electrons. The van der Waals surface area contributed by atoms with Gasteiger partial charge in [0.2, 0.25) is 0 Å². The second-order valence-corrected chi connectivity index (χ2v) is 7.62. The van der Waals surface area contributed by atoms with E-state index in [9.17, 15) is 4.79 Å². The molecule has 2 aromatic heterocycles. The number of benzene rings is 1. The van der Waals surface area contributed by atoms with Crippen molar-refractivity contribution in [2.45, 2.75) is 52.0 Å². The van der Waals surface area contributed by atoms with E-state index < -0.39 is 0 Å². The summed E-state index contributed by atoms with van der Waals surface area (Å²) in [5.41, 5.74) is 6.54. The Kier molecular flexibility index (Phi) is 6.03. The minimum atomic E-state index is -0.0287. The van der Waals surface area contributed by atoms with E-state index in [1.165, 1.54) is 29.7 Å². The summed E-state index contributed by atoms with van der Waals surface area (Å²) in [5.74, 6) is -0.0287. The van der Waals surface area contributed by atoms with Gasteiger partial charge in [-0.25, -0.2) is 0 Å². The molecule has 0 saturated carbocycles. The molecule has 1 aliphatic carbocycles. The standard InChI is InChI=1S/C24H28N4O/c1-2-7-18-11-13-19(14-12-18)24(29)26-16-17-28-22-10-4-3-8-20(22)23(27-28)21-9-5-6-15-25-21/h5-6,9,11-15H,2-4,7-8,10,16-17H2,1H3,(H,26,29). The summed E-state index contributed by atoms with van der Waals surface area (Å²) in [6.07, 6.45) is 8.46. The normalized spacial score (nSPS) is 13.1. The molecule has 0 atom stereocenters. The summed E-state index contributed by atoms with van der Waals surface area (Å²) in [6, 6.07) is 13.9. The Bertz CT molecular complexity index is 961. The van der Waals surface area contributed by atoms with Gasteiger partial charge in [0.15, 0.2) is 0 Å². The van der Waals surface area contributed by atoms with Crippen LogP contribution in [0.3, 0.4) is 0 Å². The number of carbonyl (C=O) groups is 1. The van der Waals surface area contributed by atoms with Crippen LogP contribution in [0.4, 0.5) is 0 Å². The van der Waals surface area contributed by atoms with Crippen molar-refractivity contribution in [3.05, 3.63) is 71.0 Å². The number of hydrogen-bond acceptors (Lipinski definition) is 3. The van der Waals surface area contributed by atoms with Gasteiger partial charge in [-0.15, -0.1) is 0 Å². The molecule has 2 heterocycles. The highest BCUT2D eigenvalue weighted by atomic mass is 16.1. The van der Waals surface area contributed by atoms with E-state index in [2.05, 4.69) is 21.9 Å². The molecule has 0 unspecified atom stereocenters. The lowest BCUT2D eigenvalue weighted by Crippen LogP contribution is -2.28. The van der Waals surface area contributed by atoms with Crippen LogP contribution in [0.25, 0.3) is 11.4 Å². The molecule has 0 saturated heterocycles. The molecule has 1 aliphatic rings. The monoisotopic (exact) mass is 388 g/mol. The molecule has 0 bridgehead atoms. The van der Waals surface area contributed by atoms with Crippen LogP contribution in [0.2, 0.25) is 0 Å². The maximum Gasteiger partial charge on any atom is 0.251 e. The number of rotatable bonds is 7. The zero-order valence-electron chi connectivity index (χ0n) is 17.0. The first-order valence-electron chi connectivity index (χ1n) is 10.6. The summed E-state index contributed by atoms with van der Waals surface area (Å²) in [6.45, 7) is 3.40. The fourth-order valence-corrected chi connectivity index (χ4v) is 4.05. The van der Waals surface area contributed by atoms with Crippen LogP contribution >= 0.6 is 0 Å². The van der Waals surface area contributed by atoms with Crippen molar-refractivity contribution in [1.29, 1.82) is 0 Å². The van der Waals surface area contributed by atoms with Crippen LogP contribution < -0.4 is 5.32 Å². The Morgan fingerprint density at radius 1 is 1.10 bits per heavy atom. The van der Waals surface area contributed by atoms with Crippen molar-refractivity contribution in [2.24, 2.45) is 0 Å². The average molecular weight is 389 g/mol. The third-order valence-corrected chi connectivity index (χ3v) is 5.53. The fourth-order valence-electron chi connectivity index (χ4n) is 4.05. The topological polar surface area (TPSA) is 59.8 Å². The van der Waals surface area contributed by atoms with Gasteiger partial charge in [-0.2, -0.15) is 5.10 Å². The molecule has 0 fully saturated rings. The van der Waals surface area contributed by atoms with E-state index in [0.29, 0.717) is 18.7 Å². The SMILES string of the molecule is CCCc1ccc(C(=O)NCCn2nc(-c3ccccn3)c3c2CCCC3)cc1. The van der Waals surface area contributed by atoms with Crippen LogP contribution in [0.15, 0.2) is 48.7 Å². The number of nitrogens with zero attached hydrogens (tertiary/aromatic N) is 3. The Morgan fingerprint density at radius 3 is 2.69 bits per heavy atom. The first-order valence-corrected chi connectivity index (χ1v) is 10.6. The number of nitrogens with one attached hydrogen (secondary N) is 1. The molecule has 0 spiro atoms. The van der Waals surface area contributed by atoms with E-state index in [0.717, 1.165) is 37.1 Å². The summed E-state index contributed by atoms with van der Waals surface area (Å²) in [7, 11) is 0. The van der Waals surface area contributed by atoms with Crippen molar-refractivity contribution < 1.29 is 4.79 Å². The third-order valence-electron chi connectivity index (χ3n) is 5.53. The van der Waals surface area contributed by atoms with Gasteiger partial charge in [0.25, 0.3) is 5.91 Å². The maximum absolute atomic E-state index is 12.5. The van der Waals surface area contributed by atoms with Crippen LogP contribution in [0.1, 0.15) is 53.4 Å². The third kappa shape index (κ3) is 4.39. The van der Waals surface area contributed by atoms with E-state index in [1.807, 2.05) is 48.7 Å². The van der Waals surface area contributed by atoms with Gasteiger partial charge in [0.05, 0.1) is 12.2 Å². The number of fused-ring (bicyclic) bond motifs is 1. The molecular formula is C24H28N4O. The predicted molar refractivity (Wildman–Crippen MR) is 115 cm³/mol. The lowest BCUT2D eigenvalue weighted by atomic mass is 9.95. The van der Waals surface area contributed by atoms with Crippen molar-refractivity contribution in [1.82, 2.24) is 20.1 Å². The number of amides is 1. The number of aromatic nitrogens is 3. The maximum atomic E-state index is 12.5. The zero-order chi connectivity index (χ0) is 20.1. The molecule has 3 aromatic rings. The van der Waals surface area contributed by atoms with Gasteiger partial charge in [-0.05, 0) is 61.9 Å². The summed E-state index contributed by atoms with van der Waals surface area (Å²) in [4.78, 5) is 17.0. The molecule has 29 heavy (non-hydrogen) atoms. The van der Waals surface area contributed by atoms with E-state index in [-0.39, 0.29) is 5.91 Å². The van der Waals surface area contributed by atoms with Crippen molar-refractivity contribution >= 4 is 5.91 Å². The lowest BCUT2D eigenvalue weighted by Gasteiger charge is -2.14. The first-order chi connectivity index (χ1) is 14.3. The molecule has 1 amide bonds. The molecule has 5 nitrogen and oxygen atoms in total. The highest BCUT2D eigenvalue weighted by molar-refractivity contribution is 5.94. The van der Waals surface area contributed by atoms with Crippen LogP contribution in [0, 0.1) is 0 Å². The molecule has 1 N–H and O–H groups in total. The van der Waals surface area contributed by atoms with E-state index in [4.69, 9.17) is 5.10 Å². The number of carbonyl (C=O) groups excluding carboxylic acids is 1. The van der Waals surface area contributed by atoms with Crippen molar-refractivity contribution in [2.75, 3.05) is 6.54 Å². The van der Waals surface area contributed by atoms with Gasteiger partial charge < -0.3 is 5.32 Å². The number of hydrogen-bond donors (Lipinski definition) is 1. The second kappa shape index (κ2) is 9.03. The Hall–Kier alpha value is -2.95. The van der Waals surface area contributed by atoms with Gasteiger partial charge in [0, 0.05) is 29.6 Å². The first kappa shape index (κ1) is 19.4. The van der Waals surface area contributed by atoms with Gasteiger partial charge in [-0.1, -0.05) is 31.5 Å². The molecule has 5 heteroatoms. The molecule has 4 rings (SSSR count). The summed E-state index contributed by atoms with van der Waals surface area (Å²) < 4.78 is 2.07. The second-order valence-electron chi connectivity index (χ2n) is 7.62. The molecule has 0 aliphatic heterocycles. The van der Waals surface area contributed by atoms with E-state index >= 15 is 0 Å². The van der Waals surface area contributed by atoms with Gasteiger partial charge in [-0.3, -0.25) is 14.5 Å². The average Bonchev–Trinajstić information content (AvgIpc) is 3.14. The van der Waals surface area contributed by atoms with Gasteiger partial charge in [0.1, 0.15) is 5.69 Å². The smallest absolute Gasteiger partial charge is 0.251 e. The van der Waals surface area contributed by atoms with Crippen LogP contribution in [0.5, 0.6) is 0 Å². The number of aryl methyl sites for hydroxylation is 1. The largest absolute Gasteiger partial charge is 0.350 e. The Balaban J connectivity index is 1.43. The van der Waals surface area contributed by atoms with Crippen LogP contribution in [-0.4, -0.2) is 27.2 Å². The highest BCUT2D eigenvalue weighted by Gasteiger charge is 2.22. The van der Waals surface area contributed by atoms with Crippen molar-refractivity contribution in [3.8, 4) is 11.4 Å². The van der Waals surface area contributed by atoms with Crippen molar-refractivity contribution in [3.63, 3.8) is 0 Å². The Labute approximate surface area is 172 Å². The molecule has 1 aromatic carbocycles. The van der Waals surface area contributed by atoms with Gasteiger partial charge >= 0.3 is 0 Å². The van der Waals surface area contributed by atoms with E-state index in [1.54, 1.807) is 0 Å². The highest BCUT2D eigenvalue weighted by Crippen LogP contribution is 2.30. The summed E-state index contributed by atoms with van der Waals surface area (Å²) in [5, 5.41) is 7.91. The summed E-state index contributed by atoms with van der Waals surface area (Å²) >= 11 is 0. The lowest BCUT2D eigenvalue weighted by molar-refractivity contribution is 0.0952. The molecule has 0 radical (unpaired) electrons. The number of pyridine rings is 1. The predicted octanol–water partition coefficient (Wildman–Crippen LogP) is 4.21. The minimum absolute atomic E-state index is 0.0287. The molecular weight excluding hydrogens is 360 g/mol. The fraction of sp³-hybridized carbons (Fsp3) is 0.375.